The first-order valence-corrected chi connectivity index (χ1v) is 7.69. The van der Waals surface area contributed by atoms with Crippen LogP contribution >= 0.6 is 0 Å². The van der Waals surface area contributed by atoms with Crippen LogP contribution in [-0.4, -0.2) is 0 Å². The second-order valence-electron chi connectivity index (χ2n) is 6.05. The smallest absolute Gasteiger partial charge is 0.201 e. The molecule has 0 N–H and O–H groups in total. The van der Waals surface area contributed by atoms with E-state index >= 15 is 0 Å². The highest BCUT2D eigenvalue weighted by atomic mass is 14.9. The van der Waals surface area contributed by atoms with Crippen molar-refractivity contribution in [2.24, 2.45) is 7.05 Å². The third-order valence-corrected chi connectivity index (χ3v) is 4.24. The van der Waals surface area contributed by atoms with E-state index in [1.165, 1.54) is 39.1 Å². The number of rotatable bonds is 2. The van der Waals surface area contributed by atoms with Gasteiger partial charge in [0.25, 0.3) is 0 Å². The van der Waals surface area contributed by atoms with Gasteiger partial charge in [-0.15, -0.1) is 0 Å². The molecule has 0 atom stereocenters. The fraction of sp³-hybridized carbons (Fsp3) is 0.190. The highest BCUT2D eigenvalue weighted by molar-refractivity contribution is 5.74. The predicted molar refractivity (Wildman–Crippen MR) is 92.7 cm³/mol. The highest BCUT2D eigenvalue weighted by Crippen LogP contribution is 2.30. The number of benzene rings is 2. The van der Waals surface area contributed by atoms with Crippen molar-refractivity contribution in [2.45, 2.75) is 20.8 Å². The van der Waals surface area contributed by atoms with E-state index in [0.717, 1.165) is 0 Å². The molecular weight excluding hydrogens is 266 g/mol. The van der Waals surface area contributed by atoms with E-state index in [1.54, 1.807) is 0 Å². The van der Waals surface area contributed by atoms with Gasteiger partial charge in [0, 0.05) is 17.7 Å². The van der Waals surface area contributed by atoms with Crippen LogP contribution in [0.15, 0.2) is 60.8 Å². The summed E-state index contributed by atoms with van der Waals surface area (Å²) in [5, 5.41) is 0. The fourth-order valence-corrected chi connectivity index (χ4v) is 2.96. The van der Waals surface area contributed by atoms with E-state index in [-0.39, 0.29) is 0 Å². The van der Waals surface area contributed by atoms with Crippen molar-refractivity contribution in [3.05, 3.63) is 77.5 Å². The van der Waals surface area contributed by atoms with E-state index < -0.39 is 0 Å². The minimum atomic E-state index is 1.26. The summed E-state index contributed by atoms with van der Waals surface area (Å²) in [6.07, 6.45) is 2.13. The van der Waals surface area contributed by atoms with Gasteiger partial charge in [0.05, 0.1) is 0 Å². The topological polar surface area (TPSA) is 3.88 Å². The van der Waals surface area contributed by atoms with E-state index in [4.69, 9.17) is 0 Å². The van der Waals surface area contributed by atoms with Crippen molar-refractivity contribution in [1.82, 2.24) is 0 Å². The third-order valence-electron chi connectivity index (χ3n) is 4.24. The lowest BCUT2D eigenvalue weighted by Gasteiger charge is -2.12. The summed E-state index contributed by atoms with van der Waals surface area (Å²) < 4.78 is 2.19. The van der Waals surface area contributed by atoms with Crippen molar-refractivity contribution in [2.75, 3.05) is 0 Å². The highest BCUT2D eigenvalue weighted by Gasteiger charge is 2.15. The zero-order chi connectivity index (χ0) is 15.7. The van der Waals surface area contributed by atoms with Crippen LogP contribution in [0.3, 0.4) is 0 Å². The first-order valence-electron chi connectivity index (χ1n) is 7.69. The Bertz CT molecular complexity index is 817. The number of nitrogens with zero attached hydrogens (tertiary/aromatic N) is 1. The first kappa shape index (κ1) is 14.5. The van der Waals surface area contributed by atoms with Crippen LogP contribution in [0.4, 0.5) is 0 Å². The van der Waals surface area contributed by atoms with Crippen LogP contribution < -0.4 is 4.57 Å². The summed E-state index contributed by atoms with van der Waals surface area (Å²) in [7, 11) is 2.11. The van der Waals surface area contributed by atoms with E-state index in [0.29, 0.717) is 0 Å². The zero-order valence-electron chi connectivity index (χ0n) is 13.7. The van der Waals surface area contributed by atoms with Gasteiger partial charge >= 0.3 is 0 Å². The van der Waals surface area contributed by atoms with Crippen LogP contribution in [0.2, 0.25) is 0 Å². The van der Waals surface area contributed by atoms with Crippen molar-refractivity contribution < 1.29 is 4.57 Å². The van der Waals surface area contributed by atoms with Gasteiger partial charge in [-0.1, -0.05) is 36.4 Å². The maximum absolute atomic E-state index is 2.31. The monoisotopic (exact) mass is 288 g/mol. The Morgan fingerprint density at radius 2 is 1.36 bits per heavy atom. The number of aromatic nitrogens is 1. The molecule has 3 rings (SSSR count). The van der Waals surface area contributed by atoms with Crippen LogP contribution in [0.5, 0.6) is 0 Å². The minimum absolute atomic E-state index is 1.26. The Morgan fingerprint density at radius 1 is 0.727 bits per heavy atom. The fourth-order valence-electron chi connectivity index (χ4n) is 2.96. The first-order chi connectivity index (χ1) is 10.6. The lowest BCUT2D eigenvalue weighted by molar-refractivity contribution is -0.660. The van der Waals surface area contributed by atoms with Crippen LogP contribution in [-0.2, 0) is 7.05 Å². The molecule has 3 aromatic rings. The molecule has 0 radical (unpaired) electrons. The van der Waals surface area contributed by atoms with E-state index in [1.807, 2.05) is 0 Å². The molecular formula is C21H22N+. The summed E-state index contributed by atoms with van der Waals surface area (Å²) >= 11 is 0. The lowest BCUT2D eigenvalue weighted by atomic mass is 9.93. The Morgan fingerprint density at radius 3 is 2.09 bits per heavy atom. The summed E-state index contributed by atoms with van der Waals surface area (Å²) in [5.41, 5.74) is 9.08. The average molecular weight is 288 g/mol. The second kappa shape index (κ2) is 5.76. The molecule has 2 aromatic carbocycles. The second-order valence-corrected chi connectivity index (χ2v) is 6.05. The van der Waals surface area contributed by atoms with Gasteiger partial charge < -0.3 is 0 Å². The largest absolute Gasteiger partial charge is 0.212 e. The molecule has 0 amide bonds. The Labute approximate surface area is 132 Å². The SMILES string of the molecule is Cc1cc[n+](C)c(-c2cc(C)c(-c3ccccc3)cc2C)c1. The molecule has 22 heavy (non-hydrogen) atoms. The van der Waals surface area contributed by atoms with Crippen LogP contribution in [0, 0.1) is 20.8 Å². The molecule has 0 aliphatic rings. The molecule has 0 saturated carbocycles. The third kappa shape index (κ3) is 2.67. The summed E-state index contributed by atoms with van der Waals surface area (Å²) in [6, 6.07) is 19.6. The Hall–Kier alpha value is -2.41. The van der Waals surface area contributed by atoms with Crippen LogP contribution in [0.1, 0.15) is 16.7 Å². The van der Waals surface area contributed by atoms with Crippen LogP contribution in [0.25, 0.3) is 22.4 Å². The van der Waals surface area contributed by atoms with Crippen molar-refractivity contribution >= 4 is 0 Å². The summed E-state index contributed by atoms with van der Waals surface area (Å²) in [4.78, 5) is 0. The average Bonchev–Trinajstić information content (AvgIpc) is 2.52. The van der Waals surface area contributed by atoms with E-state index in [9.17, 15) is 0 Å². The number of hydrogen-bond donors (Lipinski definition) is 0. The predicted octanol–water partition coefficient (Wildman–Crippen LogP) is 4.77. The van der Waals surface area contributed by atoms with Gasteiger partial charge in [-0.05, 0) is 54.7 Å². The molecule has 0 spiro atoms. The van der Waals surface area contributed by atoms with E-state index in [2.05, 4.69) is 93.2 Å². The number of pyridine rings is 1. The Balaban J connectivity index is 2.16. The molecule has 0 saturated heterocycles. The van der Waals surface area contributed by atoms with Gasteiger partial charge in [0.2, 0.25) is 5.69 Å². The quantitative estimate of drug-likeness (QED) is 0.598. The molecule has 0 fully saturated rings. The molecule has 0 unspecified atom stereocenters. The molecule has 1 heterocycles. The van der Waals surface area contributed by atoms with Crippen molar-refractivity contribution in [3.8, 4) is 22.4 Å². The maximum Gasteiger partial charge on any atom is 0.212 e. The summed E-state index contributed by atoms with van der Waals surface area (Å²) in [5.74, 6) is 0. The van der Waals surface area contributed by atoms with Gasteiger partial charge in [-0.3, -0.25) is 0 Å². The normalized spacial score (nSPS) is 10.7. The molecule has 1 aromatic heterocycles. The van der Waals surface area contributed by atoms with Gasteiger partial charge in [0.1, 0.15) is 7.05 Å². The Kier molecular flexibility index (Phi) is 3.81. The van der Waals surface area contributed by atoms with Gasteiger partial charge in [0.15, 0.2) is 6.20 Å². The molecule has 1 nitrogen and oxygen atoms in total. The van der Waals surface area contributed by atoms with Crippen molar-refractivity contribution in [1.29, 1.82) is 0 Å². The number of hydrogen-bond acceptors (Lipinski definition) is 0. The molecule has 110 valence electrons. The minimum Gasteiger partial charge on any atom is -0.201 e. The standard InChI is InChI=1S/C21H22N/c1-15-10-11-22(4)21(12-15)20-14-16(2)19(13-17(20)3)18-8-6-5-7-9-18/h5-14H,1-4H3/q+1. The lowest BCUT2D eigenvalue weighted by Crippen LogP contribution is -2.30. The van der Waals surface area contributed by atoms with Crippen molar-refractivity contribution in [3.63, 3.8) is 0 Å². The summed E-state index contributed by atoms with van der Waals surface area (Å²) in [6.45, 7) is 6.54. The van der Waals surface area contributed by atoms with Gasteiger partial charge in [-0.2, -0.15) is 0 Å². The maximum atomic E-state index is 2.31. The molecule has 0 bridgehead atoms. The number of aryl methyl sites for hydroxylation is 4. The molecule has 1 heteroatoms. The van der Waals surface area contributed by atoms with Gasteiger partial charge in [-0.25, -0.2) is 4.57 Å². The zero-order valence-corrected chi connectivity index (χ0v) is 13.7. The molecule has 0 aliphatic heterocycles. The molecule has 0 aliphatic carbocycles.